The first-order valence-corrected chi connectivity index (χ1v) is 8.46. The minimum Gasteiger partial charge on any atom is -0.317 e. The van der Waals surface area contributed by atoms with E-state index >= 15 is 0 Å². The highest BCUT2D eigenvalue weighted by Gasteiger charge is 2.17. The fourth-order valence-electron chi connectivity index (χ4n) is 1.86. The third kappa shape index (κ3) is 5.98. The largest absolute Gasteiger partial charge is 0.317 e. The van der Waals surface area contributed by atoms with Crippen LogP contribution >= 0.6 is 0 Å². The molecule has 0 unspecified atom stereocenters. The van der Waals surface area contributed by atoms with Gasteiger partial charge in [-0.2, -0.15) is 0 Å². The summed E-state index contributed by atoms with van der Waals surface area (Å²) < 4.78 is 38.5. The first-order valence-electron chi connectivity index (χ1n) is 6.85. The van der Waals surface area contributed by atoms with Gasteiger partial charge in [0.1, 0.15) is 5.82 Å². The van der Waals surface area contributed by atoms with Crippen molar-refractivity contribution < 1.29 is 12.8 Å². The van der Waals surface area contributed by atoms with Gasteiger partial charge in [0.25, 0.3) is 0 Å². The van der Waals surface area contributed by atoms with Crippen LogP contribution in [0.4, 0.5) is 4.39 Å². The van der Waals surface area contributed by atoms with E-state index in [9.17, 15) is 12.8 Å². The summed E-state index contributed by atoms with van der Waals surface area (Å²) >= 11 is 0. The summed E-state index contributed by atoms with van der Waals surface area (Å²) in [6, 6.07) is 6.01. The summed E-state index contributed by atoms with van der Waals surface area (Å²) in [5, 5.41) is 3.16. The van der Waals surface area contributed by atoms with Crippen molar-refractivity contribution in [1.29, 1.82) is 0 Å². The Morgan fingerprint density at radius 3 is 2.70 bits per heavy atom. The molecule has 1 N–H and O–H groups in total. The van der Waals surface area contributed by atoms with E-state index in [-0.39, 0.29) is 18.1 Å². The van der Waals surface area contributed by atoms with Gasteiger partial charge in [0, 0.05) is 13.6 Å². The van der Waals surface area contributed by atoms with Crippen LogP contribution in [0.25, 0.3) is 0 Å². The predicted octanol–water partition coefficient (Wildman–Crippen LogP) is 1.98. The fourth-order valence-corrected chi connectivity index (χ4v) is 3.08. The highest BCUT2D eigenvalue weighted by Crippen LogP contribution is 2.10. The van der Waals surface area contributed by atoms with E-state index in [0.717, 1.165) is 19.5 Å². The Morgan fingerprint density at radius 2 is 2.05 bits per heavy atom. The maximum atomic E-state index is 13.1. The minimum atomic E-state index is -3.28. The molecule has 0 saturated heterocycles. The molecule has 114 valence electrons. The average molecular weight is 302 g/mol. The number of hydrogen-bond acceptors (Lipinski definition) is 3. The van der Waals surface area contributed by atoms with Crippen LogP contribution in [0.5, 0.6) is 0 Å². The predicted molar refractivity (Wildman–Crippen MR) is 79.4 cm³/mol. The van der Waals surface area contributed by atoms with E-state index in [4.69, 9.17) is 0 Å². The smallest absolute Gasteiger partial charge is 0.214 e. The summed E-state index contributed by atoms with van der Waals surface area (Å²) in [5.41, 5.74) is 0.656. The van der Waals surface area contributed by atoms with Crippen LogP contribution in [0.15, 0.2) is 24.3 Å². The van der Waals surface area contributed by atoms with Gasteiger partial charge >= 0.3 is 0 Å². The number of sulfonamides is 1. The van der Waals surface area contributed by atoms with Crippen molar-refractivity contribution in [2.24, 2.45) is 0 Å². The van der Waals surface area contributed by atoms with Gasteiger partial charge in [-0.15, -0.1) is 0 Å². The van der Waals surface area contributed by atoms with Gasteiger partial charge in [-0.1, -0.05) is 19.1 Å². The molecule has 1 rings (SSSR count). The molecule has 0 fully saturated rings. The molecular weight excluding hydrogens is 279 g/mol. The number of rotatable bonds is 9. The summed E-state index contributed by atoms with van der Waals surface area (Å²) in [4.78, 5) is 0. The minimum absolute atomic E-state index is 0.129. The van der Waals surface area contributed by atoms with E-state index in [2.05, 4.69) is 5.32 Å². The summed E-state index contributed by atoms with van der Waals surface area (Å²) in [7, 11) is -1.74. The highest BCUT2D eigenvalue weighted by molar-refractivity contribution is 7.89. The normalized spacial score (nSPS) is 12.0. The van der Waals surface area contributed by atoms with Crippen molar-refractivity contribution in [3.63, 3.8) is 0 Å². The van der Waals surface area contributed by atoms with Crippen LogP contribution < -0.4 is 5.32 Å². The van der Waals surface area contributed by atoms with Gasteiger partial charge in [-0.3, -0.25) is 0 Å². The van der Waals surface area contributed by atoms with Gasteiger partial charge in [0.2, 0.25) is 10.0 Å². The van der Waals surface area contributed by atoms with E-state index in [1.54, 1.807) is 12.1 Å². The number of unbranched alkanes of at least 4 members (excludes halogenated alkanes) is 1. The van der Waals surface area contributed by atoms with E-state index < -0.39 is 10.0 Å². The van der Waals surface area contributed by atoms with Crippen LogP contribution in [-0.4, -0.2) is 38.6 Å². The Balaban J connectivity index is 2.46. The molecule has 1 aromatic carbocycles. The number of halogens is 1. The first-order chi connectivity index (χ1) is 9.45. The zero-order valence-corrected chi connectivity index (χ0v) is 12.9. The van der Waals surface area contributed by atoms with Crippen molar-refractivity contribution in [1.82, 2.24) is 9.62 Å². The molecule has 6 heteroatoms. The van der Waals surface area contributed by atoms with Crippen molar-refractivity contribution in [3.05, 3.63) is 35.6 Å². The first kappa shape index (κ1) is 17.1. The quantitative estimate of drug-likeness (QED) is 0.710. The molecule has 0 radical (unpaired) electrons. The third-order valence-corrected chi connectivity index (χ3v) is 4.91. The van der Waals surface area contributed by atoms with E-state index in [0.29, 0.717) is 12.0 Å². The number of benzene rings is 1. The molecule has 0 atom stereocenters. The standard InChI is InChI=1S/C14H23FN2O2S/c1-3-16-9-4-5-10-20(18,19)17(2)12-13-7-6-8-14(15)11-13/h6-8,11,16H,3-5,9-10,12H2,1-2H3. The molecule has 0 bridgehead atoms. The molecule has 1 aromatic rings. The van der Waals surface area contributed by atoms with Crippen molar-refractivity contribution in [3.8, 4) is 0 Å². The second-order valence-corrected chi connectivity index (χ2v) is 6.96. The molecule has 0 aromatic heterocycles. The number of hydrogen-bond donors (Lipinski definition) is 1. The molecule has 0 aliphatic carbocycles. The van der Waals surface area contributed by atoms with Crippen LogP contribution in [-0.2, 0) is 16.6 Å². The molecular formula is C14H23FN2O2S. The molecule has 0 heterocycles. The van der Waals surface area contributed by atoms with Crippen molar-refractivity contribution in [2.75, 3.05) is 25.9 Å². The maximum absolute atomic E-state index is 13.1. The zero-order valence-electron chi connectivity index (χ0n) is 12.1. The van der Waals surface area contributed by atoms with E-state index in [1.165, 1.54) is 23.5 Å². The third-order valence-electron chi connectivity index (χ3n) is 3.02. The van der Waals surface area contributed by atoms with Crippen LogP contribution in [0.1, 0.15) is 25.3 Å². The lowest BCUT2D eigenvalue weighted by Crippen LogP contribution is -2.29. The van der Waals surface area contributed by atoms with E-state index in [1.807, 2.05) is 6.92 Å². The van der Waals surface area contributed by atoms with Crippen LogP contribution in [0.3, 0.4) is 0 Å². The van der Waals surface area contributed by atoms with Gasteiger partial charge < -0.3 is 5.32 Å². The SMILES string of the molecule is CCNCCCCS(=O)(=O)N(C)Cc1cccc(F)c1. The molecule has 0 amide bonds. The Morgan fingerprint density at radius 1 is 1.30 bits per heavy atom. The second kappa shape index (κ2) is 8.34. The molecule has 4 nitrogen and oxygen atoms in total. The Bertz CT molecular complexity index is 506. The fraction of sp³-hybridized carbons (Fsp3) is 0.571. The summed E-state index contributed by atoms with van der Waals surface area (Å²) in [6.07, 6.45) is 1.46. The second-order valence-electron chi connectivity index (χ2n) is 4.76. The number of nitrogens with one attached hydrogen (secondary N) is 1. The lowest BCUT2D eigenvalue weighted by molar-refractivity contribution is 0.463. The molecule has 20 heavy (non-hydrogen) atoms. The zero-order chi connectivity index (χ0) is 15.0. The summed E-state index contributed by atoms with van der Waals surface area (Å²) in [6.45, 7) is 3.95. The van der Waals surface area contributed by atoms with Gasteiger partial charge in [0.05, 0.1) is 5.75 Å². The topological polar surface area (TPSA) is 49.4 Å². The number of nitrogens with zero attached hydrogens (tertiary/aromatic N) is 1. The van der Waals surface area contributed by atoms with Gasteiger partial charge in [-0.05, 0) is 43.6 Å². The average Bonchev–Trinajstić information content (AvgIpc) is 2.38. The Kier molecular flexibility index (Phi) is 7.12. The van der Waals surface area contributed by atoms with Gasteiger partial charge in [0.15, 0.2) is 0 Å². The van der Waals surface area contributed by atoms with Crippen LogP contribution in [0, 0.1) is 5.82 Å². The Hall–Kier alpha value is -0.980. The molecule has 0 spiro atoms. The molecule has 0 aliphatic rings. The highest BCUT2D eigenvalue weighted by atomic mass is 32.2. The lowest BCUT2D eigenvalue weighted by atomic mass is 10.2. The van der Waals surface area contributed by atoms with Crippen LogP contribution in [0.2, 0.25) is 0 Å². The lowest BCUT2D eigenvalue weighted by Gasteiger charge is -2.17. The Labute approximate surface area is 121 Å². The van der Waals surface area contributed by atoms with Crippen molar-refractivity contribution >= 4 is 10.0 Å². The van der Waals surface area contributed by atoms with Crippen molar-refractivity contribution in [2.45, 2.75) is 26.3 Å². The maximum Gasteiger partial charge on any atom is 0.214 e. The monoisotopic (exact) mass is 302 g/mol. The summed E-state index contributed by atoms with van der Waals surface area (Å²) in [5.74, 6) is -0.219. The molecule has 0 aliphatic heterocycles. The van der Waals surface area contributed by atoms with Gasteiger partial charge in [-0.25, -0.2) is 17.1 Å². The molecule has 0 saturated carbocycles.